The third kappa shape index (κ3) is 11.2. The van der Waals surface area contributed by atoms with E-state index in [0.29, 0.717) is 12.4 Å². The molecule has 0 rings (SSSR count). The zero-order valence-electron chi connectivity index (χ0n) is 6.52. The molecule has 4 N–H and O–H groups in total. The minimum absolute atomic E-state index is 0. The Morgan fingerprint density at radius 3 is 2.11 bits per heavy atom. The van der Waals surface area contributed by atoms with E-state index in [4.69, 9.17) is 11.5 Å². The molecule has 0 aliphatic rings. The number of nitrogens with zero attached hydrogens (tertiary/aromatic N) is 1. The smallest absolute Gasteiger partial charge is 0.107 e. The first-order valence-corrected chi connectivity index (χ1v) is 3.30. The summed E-state index contributed by atoms with van der Waals surface area (Å²) in [5.41, 5.74) is 10.3. The molecule has 0 aromatic carbocycles. The van der Waals surface area contributed by atoms with E-state index < -0.39 is 0 Å². The Hall–Kier alpha value is -0.570. The zero-order valence-corrected chi connectivity index (χ0v) is 6.52. The van der Waals surface area contributed by atoms with Crippen molar-refractivity contribution in [1.82, 2.24) is 0 Å². The van der Waals surface area contributed by atoms with E-state index in [9.17, 15) is 0 Å². The van der Waals surface area contributed by atoms with Crippen LogP contribution < -0.4 is 11.5 Å². The van der Waals surface area contributed by atoms with Crippen LogP contribution in [0, 0.1) is 0 Å². The minimum Gasteiger partial charge on any atom is -0.386 e. The van der Waals surface area contributed by atoms with E-state index in [1.165, 1.54) is 0 Å². The molecule has 0 unspecified atom stereocenters. The molecule has 0 aliphatic heterocycles. The van der Waals surface area contributed by atoms with Gasteiger partial charge in [0.05, 0.1) is 6.54 Å². The molecular weight excluding hydrogens is 114 g/mol. The van der Waals surface area contributed by atoms with Crippen LogP contribution in [-0.4, -0.2) is 18.9 Å². The highest BCUT2D eigenvalue weighted by Crippen LogP contribution is 1.64. The van der Waals surface area contributed by atoms with Crippen molar-refractivity contribution in [2.24, 2.45) is 16.5 Å². The Kier molecular flexibility index (Phi) is 13.0. The minimum atomic E-state index is 0. The molecule has 0 aliphatic carbocycles. The molecule has 0 saturated heterocycles. The van der Waals surface area contributed by atoms with Crippen LogP contribution in [-0.2, 0) is 0 Å². The molecule has 3 heteroatoms. The molecule has 0 radical (unpaired) electrons. The predicted molar refractivity (Wildman–Crippen MR) is 46.8 cm³/mol. The van der Waals surface area contributed by atoms with Crippen molar-refractivity contribution in [2.75, 3.05) is 13.1 Å². The third-order valence-electron chi connectivity index (χ3n) is 0.570. The number of hydrogen-bond donors (Lipinski definition) is 2. The molecule has 0 heterocycles. The Labute approximate surface area is 60.1 Å². The number of aliphatic imine (C=N–C) groups is 1. The standard InChI is InChI=1S/C4H11N3.C2H6.2H2/c1-2-7-4(6)3-5;1-2;;/h2-3,5H2,1H3,(H2,6,7);1-2H3;2*1H. The fourth-order valence-corrected chi connectivity index (χ4v) is 0.268. The van der Waals surface area contributed by atoms with Crippen LogP contribution in [0.5, 0.6) is 0 Å². The molecule has 0 amide bonds. The van der Waals surface area contributed by atoms with Crippen LogP contribution >= 0.6 is 0 Å². The number of amidine groups is 1. The summed E-state index contributed by atoms with van der Waals surface area (Å²) in [5, 5.41) is 0. The fraction of sp³-hybridized carbons (Fsp3) is 0.833. The van der Waals surface area contributed by atoms with Crippen LogP contribution in [0.15, 0.2) is 4.99 Å². The van der Waals surface area contributed by atoms with Gasteiger partial charge in [-0.05, 0) is 6.92 Å². The van der Waals surface area contributed by atoms with Crippen molar-refractivity contribution in [3.8, 4) is 0 Å². The molecule has 0 aromatic rings. The summed E-state index contributed by atoms with van der Waals surface area (Å²) in [4.78, 5) is 3.81. The summed E-state index contributed by atoms with van der Waals surface area (Å²) in [6.45, 7) is 7.01. The van der Waals surface area contributed by atoms with E-state index in [1.807, 2.05) is 20.8 Å². The lowest BCUT2D eigenvalue weighted by Gasteiger charge is -1.89. The SMILES string of the molecule is CC.CCN=C(N)CN.[HH].[HH]. The van der Waals surface area contributed by atoms with Crippen molar-refractivity contribution in [2.45, 2.75) is 20.8 Å². The highest BCUT2D eigenvalue weighted by atomic mass is 14.9. The fourth-order valence-electron chi connectivity index (χ4n) is 0.268. The molecule has 0 saturated carbocycles. The number of rotatable bonds is 2. The maximum Gasteiger partial charge on any atom is 0.107 e. The first kappa shape index (κ1) is 11.3. The summed E-state index contributed by atoms with van der Waals surface area (Å²) in [7, 11) is 0. The van der Waals surface area contributed by atoms with Gasteiger partial charge >= 0.3 is 0 Å². The van der Waals surface area contributed by atoms with E-state index >= 15 is 0 Å². The summed E-state index contributed by atoms with van der Waals surface area (Å²) in [6.07, 6.45) is 0. The average Bonchev–Trinajstić information content (AvgIpc) is 1.93. The van der Waals surface area contributed by atoms with Crippen molar-refractivity contribution in [1.29, 1.82) is 0 Å². The lowest BCUT2D eigenvalue weighted by atomic mass is 10.6. The largest absolute Gasteiger partial charge is 0.386 e. The Morgan fingerprint density at radius 2 is 2.00 bits per heavy atom. The molecule has 60 valence electrons. The topological polar surface area (TPSA) is 64.4 Å². The molecular formula is C6H21N3. The van der Waals surface area contributed by atoms with Crippen LogP contribution in [0.4, 0.5) is 0 Å². The van der Waals surface area contributed by atoms with Crippen molar-refractivity contribution < 1.29 is 2.85 Å². The van der Waals surface area contributed by atoms with Crippen molar-refractivity contribution in [3.63, 3.8) is 0 Å². The van der Waals surface area contributed by atoms with E-state index in [0.717, 1.165) is 6.54 Å². The van der Waals surface area contributed by atoms with Crippen LogP contribution in [0.2, 0.25) is 0 Å². The highest BCUT2D eigenvalue weighted by molar-refractivity contribution is 5.81. The number of nitrogens with two attached hydrogens (primary N) is 2. The maximum atomic E-state index is 5.21. The second kappa shape index (κ2) is 10.4. The van der Waals surface area contributed by atoms with Gasteiger partial charge < -0.3 is 11.5 Å². The van der Waals surface area contributed by atoms with Crippen molar-refractivity contribution >= 4 is 5.84 Å². The zero-order chi connectivity index (χ0) is 7.70. The van der Waals surface area contributed by atoms with Gasteiger partial charge in [-0.2, -0.15) is 0 Å². The van der Waals surface area contributed by atoms with Gasteiger partial charge in [-0.15, -0.1) is 0 Å². The highest BCUT2D eigenvalue weighted by Gasteiger charge is 1.78. The number of hydrogen-bond acceptors (Lipinski definition) is 2. The van der Waals surface area contributed by atoms with E-state index in [-0.39, 0.29) is 2.85 Å². The molecule has 3 nitrogen and oxygen atoms in total. The van der Waals surface area contributed by atoms with Crippen molar-refractivity contribution in [3.05, 3.63) is 0 Å². The molecule has 9 heavy (non-hydrogen) atoms. The average molecular weight is 135 g/mol. The molecule has 0 aromatic heterocycles. The maximum absolute atomic E-state index is 5.21. The molecule has 0 fully saturated rings. The monoisotopic (exact) mass is 135 g/mol. The summed E-state index contributed by atoms with van der Waals surface area (Å²) in [6, 6.07) is 0. The predicted octanol–water partition coefficient (Wildman–Crippen LogP) is 0.840. The Balaban J connectivity index is -0.0000000564. The van der Waals surface area contributed by atoms with Crippen LogP contribution in [0.1, 0.15) is 23.6 Å². The van der Waals surface area contributed by atoms with E-state index in [1.54, 1.807) is 0 Å². The second-order valence-electron chi connectivity index (χ2n) is 1.17. The van der Waals surface area contributed by atoms with Gasteiger partial charge in [0.2, 0.25) is 0 Å². The van der Waals surface area contributed by atoms with Crippen LogP contribution in [0.3, 0.4) is 0 Å². The van der Waals surface area contributed by atoms with Gasteiger partial charge in [0.15, 0.2) is 0 Å². The summed E-state index contributed by atoms with van der Waals surface area (Å²) in [5.74, 6) is 0.530. The van der Waals surface area contributed by atoms with Gasteiger partial charge in [0.25, 0.3) is 0 Å². The normalized spacial score (nSPS) is 10.0. The lowest BCUT2D eigenvalue weighted by Crippen LogP contribution is -2.22. The quantitative estimate of drug-likeness (QED) is 0.435. The lowest BCUT2D eigenvalue weighted by molar-refractivity contribution is 1.10. The molecule has 0 bridgehead atoms. The van der Waals surface area contributed by atoms with Gasteiger partial charge in [-0.1, -0.05) is 13.8 Å². The van der Waals surface area contributed by atoms with E-state index in [2.05, 4.69) is 4.99 Å². The van der Waals surface area contributed by atoms with Gasteiger partial charge in [0.1, 0.15) is 5.84 Å². The Bertz CT molecular complexity index is 76.2. The molecule has 0 spiro atoms. The summed E-state index contributed by atoms with van der Waals surface area (Å²) < 4.78 is 0. The molecule has 0 atom stereocenters. The Morgan fingerprint density at radius 1 is 1.56 bits per heavy atom. The van der Waals surface area contributed by atoms with Gasteiger partial charge in [0, 0.05) is 9.40 Å². The first-order valence-electron chi connectivity index (χ1n) is 3.30. The van der Waals surface area contributed by atoms with Gasteiger partial charge in [-0.25, -0.2) is 0 Å². The third-order valence-corrected chi connectivity index (χ3v) is 0.570. The van der Waals surface area contributed by atoms with Crippen LogP contribution in [0.25, 0.3) is 0 Å². The second-order valence-corrected chi connectivity index (χ2v) is 1.17. The first-order chi connectivity index (χ1) is 4.31. The van der Waals surface area contributed by atoms with Gasteiger partial charge in [-0.3, -0.25) is 4.99 Å². The summed E-state index contributed by atoms with van der Waals surface area (Å²) >= 11 is 0.